The van der Waals surface area contributed by atoms with Crippen molar-refractivity contribution in [2.45, 2.75) is 84.0 Å². The molecule has 0 atom stereocenters. The Morgan fingerprint density at radius 1 is 0.955 bits per heavy atom. The van der Waals surface area contributed by atoms with Gasteiger partial charge in [-0.05, 0) is 44.1 Å². The van der Waals surface area contributed by atoms with Gasteiger partial charge in [0, 0.05) is 12.0 Å². The quantitative estimate of drug-likeness (QED) is 0.564. The van der Waals surface area contributed by atoms with Gasteiger partial charge in [0.05, 0.1) is 12.3 Å². The Morgan fingerprint density at radius 2 is 1.77 bits per heavy atom. The molecular formula is C19H32N2O. The molecule has 3 nitrogen and oxygen atoms in total. The minimum Gasteiger partial charge on any atom is -0.477 e. The van der Waals surface area contributed by atoms with Crippen molar-refractivity contribution < 1.29 is 4.74 Å². The average molecular weight is 304 g/mol. The summed E-state index contributed by atoms with van der Waals surface area (Å²) in [4.78, 5) is 0. The number of aromatic nitrogens is 2. The van der Waals surface area contributed by atoms with Crippen molar-refractivity contribution in [3.63, 3.8) is 0 Å². The van der Waals surface area contributed by atoms with Crippen LogP contribution in [0.3, 0.4) is 0 Å². The molecule has 1 saturated carbocycles. The van der Waals surface area contributed by atoms with Gasteiger partial charge in [-0.3, -0.25) is 0 Å². The van der Waals surface area contributed by atoms with Crippen LogP contribution < -0.4 is 4.74 Å². The Kier molecular flexibility index (Phi) is 7.68. The van der Waals surface area contributed by atoms with Crippen molar-refractivity contribution in [3.8, 4) is 5.88 Å². The molecule has 1 aromatic heterocycles. The number of nitrogens with zero attached hydrogens (tertiary/aromatic N) is 2. The van der Waals surface area contributed by atoms with E-state index in [1.165, 1.54) is 57.8 Å². The van der Waals surface area contributed by atoms with E-state index < -0.39 is 0 Å². The predicted molar refractivity (Wildman–Crippen MR) is 91.3 cm³/mol. The second-order valence-corrected chi connectivity index (χ2v) is 6.71. The highest BCUT2D eigenvalue weighted by Gasteiger charge is 2.22. The van der Waals surface area contributed by atoms with Gasteiger partial charge in [0.1, 0.15) is 0 Å². The van der Waals surface area contributed by atoms with Crippen molar-refractivity contribution >= 4 is 0 Å². The summed E-state index contributed by atoms with van der Waals surface area (Å²) in [6, 6.07) is 4.12. The van der Waals surface area contributed by atoms with Crippen LogP contribution in [0.1, 0.15) is 89.7 Å². The third-order valence-electron chi connectivity index (χ3n) is 4.87. The number of rotatable bonds is 9. The minimum absolute atomic E-state index is 0.610. The van der Waals surface area contributed by atoms with E-state index in [0.717, 1.165) is 24.6 Å². The van der Waals surface area contributed by atoms with Crippen LogP contribution in [-0.2, 0) is 0 Å². The van der Waals surface area contributed by atoms with Crippen LogP contribution in [0.25, 0.3) is 0 Å². The van der Waals surface area contributed by atoms with Crippen LogP contribution in [0, 0.1) is 5.92 Å². The van der Waals surface area contributed by atoms with Gasteiger partial charge < -0.3 is 4.74 Å². The summed E-state index contributed by atoms with van der Waals surface area (Å²) in [6.07, 6.45) is 12.9. The maximum atomic E-state index is 5.67. The molecule has 1 aromatic rings. The first-order valence-corrected chi connectivity index (χ1v) is 9.29. The molecule has 124 valence electrons. The van der Waals surface area contributed by atoms with E-state index in [1.807, 2.05) is 6.07 Å². The Morgan fingerprint density at radius 3 is 2.41 bits per heavy atom. The van der Waals surface area contributed by atoms with Crippen LogP contribution in [0.5, 0.6) is 5.88 Å². The number of unbranched alkanes of at least 4 members (excludes halogenated alkanes) is 3. The molecule has 1 aliphatic rings. The highest BCUT2D eigenvalue weighted by molar-refractivity contribution is 5.15. The van der Waals surface area contributed by atoms with Crippen molar-refractivity contribution in [2.24, 2.45) is 5.92 Å². The predicted octanol–water partition coefficient (Wildman–Crippen LogP) is 5.51. The summed E-state index contributed by atoms with van der Waals surface area (Å²) in [5.74, 6) is 2.24. The first kappa shape index (κ1) is 17.2. The SMILES string of the molecule is CCCCCCOc1ccc([C@H]2CC[C@H](CCC)CC2)nn1. The van der Waals surface area contributed by atoms with E-state index in [4.69, 9.17) is 4.74 Å². The fourth-order valence-corrected chi connectivity index (χ4v) is 3.49. The van der Waals surface area contributed by atoms with E-state index in [1.54, 1.807) is 0 Å². The Bertz CT molecular complexity index is 396. The molecule has 3 heteroatoms. The van der Waals surface area contributed by atoms with Crippen LogP contribution in [0.15, 0.2) is 12.1 Å². The Balaban J connectivity index is 1.72. The molecule has 0 aliphatic heterocycles. The third kappa shape index (κ3) is 5.58. The second-order valence-electron chi connectivity index (χ2n) is 6.71. The molecular weight excluding hydrogens is 272 g/mol. The zero-order valence-electron chi connectivity index (χ0n) is 14.4. The summed E-state index contributed by atoms with van der Waals surface area (Å²) in [5, 5.41) is 8.67. The lowest BCUT2D eigenvalue weighted by Crippen LogP contribution is -2.14. The molecule has 0 unspecified atom stereocenters. The van der Waals surface area contributed by atoms with Crippen LogP contribution in [0.2, 0.25) is 0 Å². The van der Waals surface area contributed by atoms with Crippen molar-refractivity contribution in [2.75, 3.05) is 6.61 Å². The molecule has 22 heavy (non-hydrogen) atoms. The molecule has 0 aromatic carbocycles. The first-order valence-electron chi connectivity index (χ1n) is 9.29. The maximum Gasteiger partial charge on any atom is 0.233 e. The highest BCUT2D eigenvalue weighted by Crippen LogP contribution is 2.36. The van der Waals surface area contributed by atoms with Crippen molar-refractivity contribution in [1.29, 1.82) is 0 Å². The minimum atomic E-state index is 0.610. The molecule has 0 amide bonds. The summed E-state index contributed by atoms with van der Waals surface area (Å²) < 4.78 is 5.67. The molecule has 0 N–H and O–H groups in total. The summed E-state index contributed by atoms with van der Waals surface area (Å²) in [5.41, 5.74) is 1.16. The van der Waals surface area contributed by atoms with E-state index in [9.17, 15) is 0 Å². The van der Waals surface area contributed by atoms with Gasteiger partial charge in [-0.25, -0.2) is 0 Å². The number of ether oxygens (including phenoxy) is 1. The van der Waals surface area contributed by atoms with E-state index >= 15 is 0 Å². The second kappa shape index (κ2) is 9.81. The smallest absolute Gasteiger partial charge is 0.233 e. The molecule has 0 radical (unpaired) electrons. The number of hydrogen-bond acceptors (Lipinski definition) is 3. The number of hydrogen-bond donors (Lipinski definition) is 0. The molecule has 0 bridgehead atoms. The standard InChI is InChI=1S/C19H32N2O/c1-3-5-6-7-15-22-19-14-13-18(20-21-19)17-11-9-16(8-4-2)10-12-17/h13-14,16-17H,3-12,15H2,1-2H3/t16-,17-. The van der Waals surface area contributed by atoms with Crippen LogP contribution >= 0.6 is 0 Å². The average Bonchev–Trinajstić information content (AvgIpc) is 2.56. The Labute approximate surface area is 135 Å². The molecule has 1 fully saturated rings. The monoisotopic (exact) mass is 304 g/mol. The highest BCUT2D eigenvalue weighted by atomic mass is 16.5. The lowest BCUT2D eigenvalue weighted by Gasteiger charge is -2.27. The van der Waals surface area contributed by atoms with Gasteiger partial charge in [-0.15, -0.1) is 5.10 Å². The molecule has 0 spiro atoms. The van der Waals surface area contributed by atoms with Gasteiger partial charge in [0.25, 0.3) is 0 Å². The van der Waals surface area contributed by atoms with Gasteiger partial charge in [-0.2, -0.15) is 5.10 Å². The largest absolute Gasteiger partial charge is 0.477 e. The lowest BCUT2D eigenvalue weighted by molar-refractivity contribution is 0.286. The molecule has 1 aliphatic carbocycles. The van der Waals surface area contributed by atoms with Gasteiger partial charge in [-0.1, -0.05) is 46.0 Å². The first-order chi connectivity index (χ1) is 10.8. The topological polar surface area (TPSA) is 35.0 Å². The van der Waals surface area contributed by atoms with Crippen molar-refractivity contribution in [3.05, 3.63) is 17.8 Å². The molecule has 2 rings (SSSR count). The zero-order chi connectivity index (χ0) is 15.6. The fraction of sp³-hybridized carbons (Fsp3) is 0.789. The van der Waals surface area contributed by atoms with E-state index in [-0.39, 0.29) is 0 Å². The summed E-state index contributed by atoms with van der Waals surface area (Å²) in [7, 11) is 0. The lowest BCUT2D eigenvalue weighted by atomic mass is 9.79. The summed E-state index contributed by atoms with van der Waals surface area (Å²) >= 11 is 0. The van der Waals surface area contributed by atoms with Gasteiger partial charge in [0.15, 0.2) is 0 Å². The van der Waals surface area contributed by atoms with Gasteiger partial charge >= 0.3 is 0 Å². The third-order valence-corrected chi connectivity index (χ3v) is 4.87. The van der Waals surface area contributed by atoms with E-state index in [2.05, 4.69) is 30.1 Å². The fourth-order valence-electron chi connectivity index (χ4n) is 3.49. The Hall–Kier alpha value is -1.12. The zero-order valence-corrected chi connectivity index (χ0v) is 14.4. The molecule has 0 saturated heterocycles. The van der Waals surface area contributed by atoms with E-state index in [0.29, 0.717) is 11.8 Å². The van der Waals surface area contributed by atoms with Gasteiger partial charge in [0.2, 0.25) is 5.88 Å². The van der Waals surface area contributed by atoms with Crippen LogP contribution in [-0.4, -0.2) is 16.8 Å². The molecule has 1 heterocycles. The normalized spacial score (nSPS) is 21.7. The maximum absolute atomic E-state index is 5.67. The summed E-state index contributed by atoms with van der Waals surface area (Å²) in [6.45, 7) is 5.27. The van der Waals surface area contributed by atoms with Crippen molar-refractivity contribution in [1.82, 2.24) is 10.2 Å². The van der Waals surface area contributed by atoms with Crippen LogP contribution in [0.4, 0.5) is 0 Å².